The predicted octanol–water partition coefficient (Wildman–Crippen LogP) is 5.18. The van der Waals surface area contributed by atoms with Crippen LogP contribution >= 0.6 is 22.6 Å². The highest BCUT2D eigenvalue weighted by Gasteiger charge is 2.20. The van der Waals surface area contributed by atoms with Gasteiger partial charge >= 0.3 is 0 Å². The van der Waals surface area contributed by atoms with Gasteiger partial charge in [-0.2, -0.15) is 0 Å². The number of hydrogen-bond donors (Lipinski definition) is 3. The summed E-state index contributed by atoms with van der Waals surface area (Å²) in [6.07, 6.45) is 3.49. The van der Waals surface area contributed by atoms with Crippen molar-refractivity contribution < 1.29 is 4.74 Å². The zero-order chi connectivity index (χ0) is 20.9. The average molecular weight is 501 g/mol. The van der Waals surface area contributed by atoms with E-state index in [9.17, 15) is 0 Å². The van der Waals surface area contributed by atoms with Crippen molar-refractivity contribution in [2.75, 3.05) is 6.61 Å². The molecule has 0 aliphatic carbocycles. The van der Waals surface area contributed by atoms with Crippen molar-refractivity contribution in [2.45, 2.75) is 32.0 Å². The smallest absolute Gasteiger partial charge is 0.143 e. The van der Waals surface area contributed by atoms with Crippen LogP contribution in [-0.4, -0.2) is 6.61 Å². The summed E-state index contributed by atoms with van der Waals surface area (Å²) >= 11 is 2.23. The van der Waals surface area contributed by atoms with Gasteiger partial charge < -0.3 is 4.74 Å². The summed E-state index contributed by atoms with van der Waals surface area (Å²) in [5.74, 6) is -0.475. The maximum atomic E-state index is 5.99. The third kappa shape index (κ3) is 5.79. The largest absolute Gasteiger partial charge is 0.494 e. The molecule has 0 aromatic heterocycles. The molecular formula is C24H28IN3O. The van der Waals surface area contributed by atoms with Gasteiger partial charge in [0.05, 0.1) is 6.61 Å². The topological polar surface area (TPSA) is 87.3 Å². The lowest BCUT2D eigenvalue weighted by Gasteiger charge is -2.23. The van der Waals surface area contributed by atoms with Crippen LogP contribution in [0.5, 0.6) is 5.75 Å². The minimum absolute atomic E-state index is 0.724. The predicted molar refractivity (Wildman–Crippen MR) is 129 cm³/mol. The fraction of sp³-hybridized carbons (Fsp3) is 0.250. The van der Waals surface area contributed by atoms with Crippen LogP contribution in [0.15, 0.2) is 66.7 Å². The van der Waals surface area contributed by atoms with Crippen molar-refractivity contribution in [1.29, 1.82) is 0 Å². The number of nitrogens with two attached hydrogens (primary N) is 3. The van der Waals surface area contributed by atoms with E-state index in [4.69, 9.17) is 21.9 Å². The van der Waals surface area contributed by atoms with Gasteiger partial charge in [-0.3, -0.25) is 17.2 Å². The highest BCUT2D eigenvalue weighted by Crippen LogP contribution is 2.31. The van der Waals surface area contributed by atoms with Gasteiger partial charge in [-0.15, -0.1) is 0 Å². The molecule has 0 saturated carbocycles. The maximum absolute atomic E-state index is 5.99. The van der Waals surface area contributed by atoms with Gasteiger partial charge in [0, 0.05) is 9.13 Å². The molecule has 0 aliphatic rings. The normalized spacial score (nSPS) is 11.5. The van der Waals surface area contributed by atoms with Crippen LogP contribution in [0.25, 0.3) is 22.3 Å². The minimum atomic E-state index is -1.39. The summed E-state index contributed by atoms with van der Waals surface area (Å²) < 4.78 is 6.84. The number of ether oxygens (including phenoxy) is 1. The second-order valence-corrected chi connectivity index (χ2v) is 8.53. The summed E-state index contributed by atoms with van der Waals surface area (Å²) in [4.78, 5) is 0. The summed E-state index contributed by atoms with van der Waals surface area (Å²) in [6.45, 7) is 2.96. The zero-order valence-electron chi connectivity index (χ0n) is 16.7. The molecule has 6 N–H and O–H groups in total. The molecule has 152 valence electrons. The Bertz CT molecular complexity index is 932. The molecule has 0 unspecified atom stereocenters. The lowest BCUT2D eigenvalue weighted by atomic mass is 9.94. The van der Waals surface area contributed by atoms with Crippen molar-refractivity contribution in [3.63, 3.8) is 0 Å². The first kappa shape index (κ1) is 21.8. The molecule has 5 heteroatoms. The molecule has 3 aromatic carbocycles. The summed E-state index contributed by atoms with van der Waals surface area (Å²) in [6, 6.07) is 22.5. The summed E-state index contributed by atoms with van der Waals surface area (Å²) in [7, 11) is 0. The second kappa shape index (κ2) is 9.71. The molecule has 4 nitrogen and oxygen atoms in total. The molecule has 0 radical (unpaired) electrons. The van der Waals surface area contributed by atoms with Gasteiger partial charge in [0.1, 0.15) is 11.5 Å². The third-order valence-electron chi connectivity index (χ3n) is 4.85. The second-order valence-electron chi connectivity index (χ2n) is 7.28. The van der Waals surface area contributed by atoms with Gasteiger partial charge in [-0.25, -0.2) is 0 Å². The fourth-order valence-corrected chi connectivity index (χ4v) is 3.75. The van der Waals surface area contributed by atoms with Crippen LogP contribution in [0.1, 0.15) is 31.7 Å². The Balaban J connectivity index is 1.78. The number of rotatable bonds is 8. The average Bonchev–Trinajstić information content (AvgIpc) is 2.71. The maximum Gasteiger partial charge on any atom is 0.143 e. The molecule has 0 amide bonds. The number of halogens is 1. The van der Waals surface area contributed by atoms with E-state index in [0.29, 0.717) is 0 Å². The first-order valence-electron chi connectivity index (χ1n) is 9.89. The van der Waals surface area contributed by atoms with E-state index < -0.39 is 5.79 Å². The summed E-state index contributed by atoms with van der Waals surface area (Å²) in [5.41, 5.74) is 23.0. The van der Waals surface area contributed by atoms with Gasteiger partial charge in [-0.05, 0) is 75.5 Å². The van der Waals surface area contributed by atoms with Crippen molar-refractivity contribution in [3.05, 3.63) is 75.9 Å². The van der Waals surface area contributed by atoms with Crippen LogP contribution < -0.4 is 21.9 Å². The first-order chi connectivity index (χ1) is 13.9. The Hall–Kier alpha value is -1.93. The molecule has 0 spiro atoms. The number of hydrogen-bond acceptors (Lipinski definition) is 4. The molecule has 29 heavy (non-hydrogen) atoms. The lowest BCUT2D eigenvalue weighted by Crippen LogP contribution is -2.54. The first-order valence-corrected chi connectivity index (χ1v) is 11.0. The molecule has 3 rings (SSSR count). The quantitative estimate of drug-likeness (QED) is 0.226. The minimum Gasteiger partial charge on any atom is -0.494 e. The number of benzene rings is 3. The van der Waals surface area contributed by atoms with Crippen LogP contribution in [0.4, 0.5) is 0 Å². The highest BCUT2D eigenvalue weighted by molar-refractivity contribution is 14.1. The van der Waals surface area contributed by atoms with Gasteiger partial charge in [-0.1, -0.05) is 62.2 Å². The molecule has 0 atom stereocenters. The van der Waals surface area contributed by atoms with E-state index in [1.54, 1.807) is 0 Å². The van der Waals surface area contributed by atoms with Crippen LogP contribution in [0, 0.1) is 3.57 Å². The molecule has 0 bridgehead atoms. The Morgan fingerprint density at radius 1 is 0.793 bits per heavy atom. The Kier molecular flexibility index (Phi) is 7.29. The van der Waals surface area contributed by atoms with Crippen molar-refractivity contribution in [2.24, 2.45) is 17.2 Å². The van der Waals surface area contributed by atoms with E-state index in [-0.39, 0.29) is 0 Å². The molecule has 0 aliphatic heterocycles. The molecule has 0 saturated heterocycles. The van der Waals surface area contributed by atoms with Gasteiger partial charge in [0.15, 0.2) is 0 Å². The Morgan fingerprint density at radius 2 is 1.38 bits per heavy atom. The van der Waals surface area contributed by atoms with E-state index in [0.717, 1.165) is 50.2 Å². The Morgan fingerprint density at radius 3 is 1.97 bits per heavy atom. The zero-order valence-corrected chi connectivity index (χ0v) is 18.9. The van der Waals surface area contributed by atoms with Crippen LogP contribution in [0.3, 0.4) is 0 Å². The lowest BCUT2D eigenvalue weighted by molar-refractivity contribution is 0.306. The van der Waals surface area contributed by atoms with Crippen LogP contribution in [0.2, 0.25) is 0 Å². The van der Waals surface area contributed by atoms with Crippen LogP contribution in [-0.2, 0) is 5.79 Å². The van der Waals surface area contributed by atoms with E-state index in [1.807, 2.05) is 30.3 Å². The van der Waals surface area contributed by atoms with E-state index >= 15 is 0 Å². The molecule has 0 heterocycles. The van der Waals surface area contributed by atoms with Gasteiger partial charge in [0.2, 0.25) is 0 Å². The highest BCUT2D eigenvalue weighted by atomic mass is 127. The number of unbranched alkanes of at least 4 members (excludes halogenated alkanes) is 2. The van der Waals surface area contributed by atoms with Crippen molar-refractivity contribution >= 4 is 22.6 Å². The molecule has 3 aromatic rings. The molecule has 0 fully saturated rings. The van der Waals surface area contributed by atoms with Gasteiger partial charge in [0.25, 0.3) is 0 Å². The summed E-state index contributed by atoms with van der Waals surface area (Å²) in [5, 5.41) is 0. The Labute approximate surface area is 186 Å². The van der Waals surface area contributed by atoms with E-state index in [2.05, 4.69) is 65.9 Å². The SMILES string of the molecule is CCCCCOc1ccc(-c2ccc(-c3ccc(I)cc3C(N)(N)N)cc2)cc1. The third-order valence-corrected chi connectivity index (χ3v) is 5.52. The van der Waals surface area contributed by atoms with Crippen molar-refractivity contribution in [1.82, 2.24) is 0 Å². The molecular weight excluding hydrogens is 473 g/mol. The van der Waals surface area contributed by atoms with E-state index in [1.165, 1.54) is 12.8 Å². The fourth-order valence-electron chi connectivity index (χ4n) is 3.25. The van der Waals surface area contributed by atoms with Crippen molar-refractivity contribution in [3.8, 4) is 28.0 Å². The monoisotopic (exact) mass is 501 g/mol. The standard InChI is InChI=1S/C24H28IN3O/c1-2-3-4-15-29-21-12-9-18(10-13-21)17-5-7-19(8-6-17)22-14-11-20(25)16-23(22)24(26,27)28/h5-14,16H,2-4,15,26-28H2,1H3.